The van der Waals surface area contributed by atoms with Crippen LogP contribution in [0.1, 0.15) is 73.7 Å². The molecule has 2 heterocycles. The highest BCUT2D eigenvalue weighted by Gasteiger charge is 2.39. The minimum Gasteiger partial charge on any atom is -0.489 e. The summed E-state index contributed by atoms with van der Waals surface area (Å²) in [5.41, 5.74) is 1.47. The number of nitrogens with zero attached hydrogens (tertiary/aromatic N) is 2. The fraction of sp³-hybridized carbons (Fsp3) is 0.615. The molecule has 180 valence electrons. The number of nitrogens with one attached hydrogen (secondary N) is 2. The van der Waals surface area contributed by atoms with Crippen molar-refractivity contribution in [1.82, 2.24) is 15.5 Å². The van der Waals surface area contributed by atoms with Crippen LogP contribution in [0.15, 0.2) is 18.2 Å². The maximum atomic E-state index is 12.9. The van der Waals surface area contributed by atoms with Gasteiger partial charge in [0.15, 0.2) is 0 Å². The number of rotatable bonds is 6. The first-order valence-corrected chi connectivity index (χ1v) is 12.6. The Balaban J connectivity index is 1.18. The van der Waals surface area contributed by atoms with E-state index in [-0.39, 0.29) is 30.3 Å². The van der Waals surface area contributed by atoms with E-state index in [0.717, 1.165) is 62.8 Å². The monoisotopic (exact) mass is 464 g/mol. The van der Waals surface area contributed by atoms with Gasteiger partial charge in [0.2, 0.25) is 11.8 Å². The van der Waals surface area contributed by atoms with Gasteiger partial charge in [0.05, 0.1) is 6.07 Å². The van der Waals surface area contributed by atoms with Gasteiger partial charge in [-0.15, -0.1) is 0 Å². The third-order valence-electron chi connectivity index (χ3n) is 7.93. The van der Waals surface area contributed by atoms with Crippen LogP contribution in [-0.2, 0) is 16.1 Å². The summed E-state index contributed by atoms with van der Waals surface area (Å²) in [6, 6.07) is 7.68. The second kappa shape index (κ2) is 9.75. The van der Waals surface area contributed by atoms with Crippen LogP contribution in [0.25, 0.3) is 0 Å². The molecule has 0 radical (unpaired) electrons. The number of hydrogen-bond acceptors (Lipinski definition) is 6. The van der Waals surface area contributed by atoms with E-state index in [0.29, 0.717) is 30.5 Å². The zero-order valence-electron chi connectivity index (χ0n) is 19.4. The van der Waals surface area contributed by atoms with E-state index in [1.54, 1.807) is 11.0 Å². The van der Waals surface area contributed by atoms with Gasteiger partial charge in [-0.05, 0) is 87.6 Å². The zero-order chi connectivity index (χ0) is 23.7. The van der Waals surface area contributed by atoms with Crippen molar-refractivity contribution < 1.29 is 19.1 Å². The topological polar surface area (TPSA) is 112 Å². The third-order valence-corrected chi connectivity index (χ3v) is 7.93. The van der Waals surface area contributed by atoms with Crippen LogP contribution < -0.4 is 15.4 Å². The van der Waals surface area contributed by atoms with E-state index in [1.165, 1.54) is 0 Å². The van der Waals surface area contributed by atoms with Crippen molar-refractivity contribution >= 4 is 17.7 Å². The molecule has 0 aromatic heterocycles. The van der Waals surface area contributed by atoms with Crippen LogP contribution in [0.5, 0.6) is 5.75 Å². The average Bonchev–Trinajstić information content (AvgIpc) is 3.41. The third kappa shape index (κ3) is 4.67. The summed E-state index contributed by atoms with van der Waals surface area (Å²) in [5.74, 6) is 0.782. The lowest BCUT2D eigenvalue weighted by atomic mass is 9.82. The minimum atomic E-state index is -0.603. The van der Waals surface area contributed by atoms with Crippen molar-refractivity contribution in [1.29, 1.82) is 5.26 Å². The molecule has 0 bridgehead atoms. The van der Waals surface area contributed by atoms with Crippen molar-refractivity contribution in [2.75, 3.05) is 6.54 Å². The SMILES string of the molecule is N#C[C@H]1CC[C@H](CN[C@H]2CCC[C@H]2Oc2ccc3c(c2)CN(C2CCC(=O)NC2=O)C3=O)CC1. The number of carbonyl (C=O) groups excluding carboxylic acids is 3. The maximum Gasteiger partial charge on any atom is 0.255 e. The average molecular weight is 465 g/mol. The minimum absolute atomic E-state index is 0.0943. The summed E-state index contributed by atoms with van der Waals surface area (Å²) in [6.45, 7) is 1.33. The Morgan fingerprint density at radius 1 is 1.09 bits per heavy atom. The Kier molecular flexibility index (Phi) is 6.55. The van der Waals surface area contributed by atoms with Crippen LogP contribution in [0, 0.1) is 23.2 Å². The molecule has 2 aliphatic carbocycles. The first-order valence-electron chi connectivity index (χ1n) is 12.6. The Morgan fingerprint density at radius 3 is 2.68 bits per heavy atom. The lowest BCUT2D eigenvalue weighted by molar-refractivity contribution is -0.136. The predicted octanol–water partition coefficient (Wildman–Crippen LogP) is 2.67. The molecular formula is C26H32N4O4. The number of carbonyl (C=O) groups is 3. The number of fused-ring (bicyclic) bond motifs is 1. The molecule has 3 amide bonds. The van der Waals surface area contributed by atoms with Crippen molar-refractivity contribution in [3.8, 4) is 11.8 Å². The van der Waals surface area contributed by atoms with Gasteiger partial charge in [0, 0.05) is 30.5 Å². The molecule has 8 heteroatoms. The number of imide groups is 1. The molecule has 1 aromatic rings. The summed E-state index contributed by atoms with van der Waals surface area (Å²) in [7, 11) is 0. The number of benzene rings is 1. The number of nitriles is 1. The molecular weight excluding hydrogens is 432 g/mol. The molecule has 0 spiro atoms. The molecule has 8 nitrogen and oxygen atoms in total. The smallest absolute Gasteiger partial charge is 0.255 e. The van der Waals surface area contributed by atoms with Crippen molar-refractivity contribution in [2.24, 2.45) is 11.8 Å². The molecule has 1 unspecified atom stereocenters. The van der Waals surface area contributed by atoms with Gasteiger partial charge < -0.3 is 15.0 Å². The van der Waals surface area contributed by atoms with Gasteiger partial charge >= 0.3 is 0 Å². The fourth-order valence-corrected chi connectivity index (χ4v) is 5.91. The highest BCUT2D eigenvalue weighted by molar-refractivity contribution is 6.05. The Bertz CT molecular complexity index is 1010. The van der Waals surface area contributed by atoms with Gasteiger partial charge in [0.1, 0.15) is 17.9 Å². The lowest BCUT2D eigenvalue weighted by Crippen LogP contribution is -2.52. The highest BCUT2D eigenvalue weighted by Crippen LogP contribution is 2.33. The Labute approximate surface area is 200 Å². The predicted molar refractivity (Wildman–Crippen MR) is 124 cm³/mol. The van der Waals surface area contributed by atoms with Gasteiger partial charge in [0.25, 0.3) is 5.91 Å². The van der Waals surface area contributed by atoms with Crippen molar-refractivity contribution in [2.45, 2.75) is 82.5 Å². The highest BCUT2D eigenvalue weighted by atomic mass is 16.5. The van der Waals surface area contributed by atoms with E-state index >= 15 is 0 Å². The molecule has 4 aliphatic rings. The molecule has 2 aliphatic heterocycles. The lowest BCUT2D eigenvalue weighted by Gasteiger charge is -2.29. The quantitative estimate of drug-likeness (QED) is 0.626. The van der Waals surface area contributed by atoms with Gasteiger partial charge in [-0.3, -0.25) is 19.7 Å². The van der Waals surface area contributed by atoms with Crippen molar-refractivity contribution in [3.05, 3.63) is 29.3 Å². The van der Waals surface area contributed by atoms with Gasteiger partial charge in [-0.2, -0.15) is 5.26 Å². The molecule has 34 heavy (non-hydrogen) atoms. The molecule has 1 saturated heterocycles. The second-order valence-corrected chi connectivity index (χ2v) is 10.2. The van der Waals surface area contributed by atoms with E-state index in [9.17, 15) is 14.4 Å². The van der Waals surface area contributed by atoms with Crippen LogP contribution in [0.4, 0.5) is 0 Å². The normalized spacial score (nSPS) is 31.2. The van der Waals surface area contributed by atoms with Crippen LogP contribution in [0.2, 0.25) is 0 Å². The van der Waals surface area contributed by atoms with E-state index in [1.807, 2.05) is 12.1 Å². The second-order valence-electron chi connectivity index (χ2n) is 10.2. The summed E-state index contributed by atoms with van der Waals surface area (Å²) in [6.07, 6.45) is 8.17. The van der Waals surface area contributed by atoms with Crippen LogP contribution in [-0.4, -0.2) is 47.4 Å². The fourth-order valence-electron chi connectivity index (χ4n) is 5.91. The summed E-state index contributed by atoms with van der Waals surface area (Å²) in [5, 5.41) is 15.2. The number of amides is 3. The summed E-state index contributed by atoms with van der Waals surface area (Å²) < 4.78 is 6.38. The van der Waals surface area contributed by atoms with Gasteiger partial charge in [-0.1, -0.05) is 0 Å². The van der Waals surface area contributed by atoms with Crippen molar-refractivity contribution in [3.63, 3.8) is 0 Å². The maximum absolute atomic E-state index is 12.9. The molecule has 1 aromatic carbocycles. The molecule has 5 rings (SSSR count). The first-order chi connectivity index (χ1) is 16.5. The standard InChI is InChI=1S/C26H32N4O4/c27-13-16-4-6-17(7-5-16)14-28-21-2-1-3-23(21)34-19-8-9-20-18(12-19)15-30(26(20)33)22-10-11-24(31)29-25(22)32/h8-9,12,16-17,21-23,28H,1-7,10-11,14-15H2,(H,29,31,32)/t16-,17-,21-,22?,23+/m0/s1. The molecule has 3 atom stereocenters. The largest absolute Gasteiger partial charge is 0.489 e. The number of piperidine rings is 1. The number of ether oxygens (including phenoxy) is 1. The first kappa shape index (κ1) is 22.9. The Morgan fingerprint density at radius 2 is 1.91 bits per heavy atom. The van der Waals surface area contributed by atoms with E-state index in [4.69, 9.17) is 10.00 Å². The van der Waals surface area contributed by atoms with E-state index in [2.05, 4.69) is 16.7 Å². The van der Waals surface area contributed by atoms with E-state index < -0.39 is 11.9 Å². The molecule has 2 saturated carbocycles. The van der Waals surface area contributed by atoms with Crippen LogP contribution >= 0.6 is 0 Å². The molecule has 2 N–H and O–H groups in total. The van der Waals surface area contributed by atoms with Crippen LogP contribution in [0.3, 0.4) is 0 Å². The summed E-state index contributed by atoms with van der Waals surface area (Å²) >= 11 is 0. The number of hydrogen-bond donors (Lipinski definition) is 2. The molecule has 3 fully saturated rings. The Hall–Kier alpha value is -2.92. The summed E-state index contributed by atoms with van der Waals surface area (Å²) in [4.78, 5) is 38.2. The van der Waals surface area contributed by atoms with Gasteiger partial charge in [-0.25, -0.2) is 0 Å². The zero-order valence-corrected chi connectivity index (χ0v) is 19.4.